The molecule has 0 aliphatic heterocycles. The monoisotopic (exact) mass is 433 g/mol. The molecule has 8 heteroatoms. The minimum atomic E-state index is -0.924. The number of para-hydroxylation sites is 1. The van der Waals surface area contributed by atoms with Crippen LogP contribution in [0.4, 0.5) is 5.69 Å². The van der Waals surface area contributed by atoms with Crippen LogP contribution < -0.4 is 20.2 Å². The molecule has 0 radical (unpaired) electrons. The molecule has 7 nitrogen and oxygen atoms in total. The van der Waals surface area contributed by atoms with Crippen LogP contribution in [0.2, 0.25) is 0 Å². The number of carbonyl (C=O) groups excluding carboxylic acids is 2. The molecule has 0 aliphatic rings. The summed E-state index contributed by atoms with van der Waals surface area (Å²) in [4.78, 5) is 24.4. The minimum absolute atomic E-state index is 0.434. The zero-order chi connectivity index (χ0) is 19.8. The maximum absolute atomic E-state index is 12.2. The van der Waals surface area contributed by atoms with Crippen LogP contribution in [-0.2, 0) is 9.59 Å². The maximum Gasteiger partial charge on any atom is 0.252 e. The normalized spacial score (nSPS) is 11.7. The maximum atomic E-state index is 12.2. The molecular formula is C19H20BrN3O4. The van der Waals surface area contributed by atoms with E-state index in [2.05, 4.69) is 31.8 Å². The number of hydrogen-bond acceptors (Lipinski definition) is 5. The Bertz CT molecular complexity index is 855. The Morgan fingerprint density at radius 2 is 1.85 bits per heavy atom. The highest BCUT2D eigenvalue weighted by Crippen LogP contribution is 2.23. The van der Waals surface area contributed by atoms with Gasteiger partial charge >= 0.3 is 0 Å². The summed E-state index contributed by atoms with van der Waals surface area (Å²) in [5.74, 6) is -0.690. The lowest BCUT2D eigenvalue weighted by molar-refractivity contribution is -0.131. The molecule has 0 aliphatic carbocycles. The lowest BCUT2D eigenvalue weighted by Gasteiger charge is -2.12. The van der Waals surface area contributed by atoms with Crippen molar-refractivity contribution in [2.75, 3.05) is 19.5 Å². The molecule has 2 amide bonds. The number of anilines is 1. The summed E-state index contributed by atoms with van der Waals surface area (Å²) in [6.07, 6.45) is 1.44. The molecule has 0 bridgehead atoms. The van der Waals surface area contributed by atoms with Crippen molar-refractivity contribution in [2.24, 2.45) is 11.0 Å². The molecule has 1 atom stereocenters. The SMILES string of the molecule is COc1ccc(C=NNC(=O)C(C)C(=O)Nc2ccccc2Br)c(OC)c1. The Balaban J connectivity index is 1.97. The van der Waals surface area contributed by atoms with Crippen LogP contribution in [0, 0.1) is 5.92 Å². The lowest BCUT2D eigenvalue weighted by atomic mass is 10.1. The average molecular weight is 434 g/mol. The minimum Gasteiger partial charge on any atom is -0.497 e. The summed E-state index contributed by atoms with van der Waals surface area (Å²) in [6.45, 7) is 1.50. The molecule has 2 N–H and O–H groups in total. The van der Waals surface area contributed by atoms with Crippen molar-refractivity contribution in [1.29, 1.82) is 0 Å². The molecule has 0 heterocycles. The Labute approximate surface area is 165 Å². The van der Waals surface area contributed by atoms with Gasteiger partial charge in [-0.1, -0.05) is 12.1 Å². The Morgan fingerprint density at radius 3 is 2.52 bits per heavy atom. The van der Waals surface area contributed by atoms with E-state index in [4.69, 9.17) is 9.47 Å². The number of ether oxygens (including phenoxy) is 2. The molecule has 0 spiro atoms. The number of methoxy groups -OCH3 is 2. The molecule has 0 aromatic heterocycles. The summed E-state index contributed by atoms with van der Waals surface area (Å²) >= 11 is 3.34. The van der Waals surface area contributed by atoms with E-state index in [1.165, 1.54) is 20.2 Å². The summed E-state index contributed by atoms with van der Waals surface area (Å²) in [7, 11) is 3.09. The standard InChI is InChI=1S/C19H20BrN3O4/c1-12(18(24)22-16-7-5-4-6-15(16)20)19(25)23-21-11-13-8-9-14(26-2)10-17(13)27-3/h4-12H,1-3H3,(H,22,24)(H,23,25). The first-order valence-electron chi connectivity index (χ1n) is 8.06. The Morgan fingerprint density at radius 1 is 1.11 bits per heavy atom. The molecule has 0 saturated heterocycles. The van der Waals surface area contributed by atoms with Crippen molar-refractivity contribution in [1.82, 2.24) is 5.43 Å². The van der Waals surface area contributed by atoms with Gasteiger partial charge in [0.05, 0.1) is 26.1 Å². The number of hydrogen-bond donors (Lipinski definition) is 2. The number of hydrazone groups is 1. The van der Waals surface area contributed by atoms with E-state index >= 15 is 0 Å². The van der Waals surface area contributed by atoms with Gasteiger partial charge in [-0.25, -0.2) is 5.43 Å². The van der Waals surface area contributed by atoms with Crippen LogP contribution in [0.15, 0.2) is 52.0 Å². The smallest absolute Gasteiger partial charge is 0.252 e. The van der Waals surface area contributed by atoms with Crippen LogP contribution in [0.3, 0.4) is 0 Å². The molecule has 2 aromatic rings. The van der Waals surface area contributed by atoms with Gasteiger partial charge in [-0.15, -0.1) is 0 Å². The summed E-state index contributed by atoms with van der Waals surface area (Å²) in [5.41, 5.74) is 3.61. The van der Waals surface area contributed by atoms with E-state index in [0.717, 1.165) is 4.47 Å². The molecule has 142 valence electrons. The van der Waals surface area contributed by atoms with Crippen molar-refractivity contribution in [3.63, 3.8) is 0 Å². The first-order valence-corrected chi connectivity index (χ1v) is 8.86. The second-order valence-corrected chi connectivity index (χ2v) is 6.39. The van der Waals surface area contributed by atoms with Crippen LogP contribution in [0.1, 0.15) is 12.5 Å². The lowest BCUT2D eigenvalue weighted by Crippen LogP contribution is -2.34. The number of nitrogens with zero attached hydrogens (tertiary/aromatic N) is 1. The van der Waals surface area contributed by atoms with Crippen LogP contribution in [0.5, 0.6) is 11.5 Å². The number of carbonyl (C=O) groups is 2. The van der Waals surface area contributed by atoms with Crippen molar-refractivity contribution in [3.05, 3.63) is 52.5 Å². The van der Waals surface area contributed by atoms with Crippen LogP contribution >= 0.6 is 15.9 Å². The van der Waals surface area contributed by atoms with Gasteiger partial charge < -0.3 is 14.8 Å². The fourth-order valence-electron chi connectivity index (χ4n) is 2.11. The van der Waals surface area contributed by atoms with Crippen LogP contribution in [0.25, 0.3) is 0 Å². The van der Waals surface area contributed by atoms with E-state index in [-0.39, 0.29) is 0 Å². The Kier molecular flexibility index (Phi) is 7.36. The highest BCUT2D eigenvalue weighted by Gasteiger charge is 2.21. The van der Waals surface area contributed by atoms with Crippen molar-refractivity contribution in [3.8, 4) is 11.5 Å². The summed E-state index contributed by atoms with van der Waals surface area (Å²) in [5, 5.41) is 6.60. The highest BCUT2D eigenvalue weighted by molar-refractivity contribution is 9.10. The summed E-state index contributed by atoms with van der Waals surface area (Å²) in [6, 6.07) is 12.4. The molecule has 2 rings (SSSR count). The Hall–Kier alpha value is -2.87. The van der Waals surface area contributed by atoms with E-state index < -0.39 is 17.7 Å². The molecule has 0 saturated carbocycles. The quantitative estimate of drug-likeness (QED) is 0.398. The third-order valence-electron chi connectivity index (χ3n) is 3.74. The predicted octanol–water partition coefficient (Wildman–Crippen LogP) is 3.19. The number of nitrogens with one attached hydrogen (secondary N) is 2. The fraction of sp³-hybridized carbons (Fsp3) is 0.211. The second kappa shape index (κ2) is 9.72. The van der Waals surface area contributed by atoms with E-state index in [1.54, 1.807) is 43.5 Å². The zero-order valence-electron chi connectivity index (χ0n) is 15.2. The van der Waals surface area contributed by atoms with E-state index in [9.17, 15) is 9.59 Å². The summed E-state index contributed by atoms with van der Waals surface area (Å²) < 4.78 is 11.1. The van der Waals surface area contributed by atoms with Gasteiger partial charge in [0.25, 0.3) is 5.91 Å². The third kappa shape index (κ3) is 5.55. The van der Waals surface area contributed by atoms with Crippen molar-refractivity contribution >= 4 is 39.6 Å². The van der Waals surface area contributed by atoms with Gasteiger partial charge in [0.1, 0.15) is 17.4 Å². The van der Waals surface area contributed by atoms with Crippen molar-refractivity contribution < 1.29 is 19.1 Å². The zero-order valence-corrected chi connectivity index (χ0v) is 16.7. The van der Waals surface area contributed by atoms with Gasteiger partial charge in [-0.3, -0.25) is 9.59 Å². The predicted molar refractivity (Wildman–Crippen MR) is 107 cm³/mol. The van der Waals surface area contributed by atoms with Gasteiger partial charge in [-0.05, 0) is 47.1 Å². The number of halogens is 1. The molecule has 2 aromatic carbocycles. The number of benzene rings is 2. The average Bonchev–Trinajstić information content (AvgIpc) is 2.69. The highest BCUT2D eigenvalue weighted by atomic mass is 79.9. The van der Waals surface area contributed by atoms with Crippen LogP contribution in [-0.4, -0.2) is 32.2 Å². The van der Waals surface area contributed by atoms with Gasteiger partial charge in [0.2, 0.25) is 5.91 Å². The van der Waals surface area contributed by atoms with E-state index in [0.29, 0.717) is 22.7 Å². The van der Waals surface area contributed by atoms with E-state index in [1.807, 2.05) is 6.07 Å². The fourth-order valence-corrected chi connectivity index (χ4v) is 2.49. The first kappa shape index (κ1) is 20.4. The van der Waals surface area contributed by atoms with Crippen molar-refractivity contribution in [2.45, 2.75) is 6.92 Å². The molecule has 27 heavy (non-hydrogen) atoms. The van der Waals surface area contributed by atoms with Gasteiger partial charge in [0, 0.05) is 16.1 Å². The number of rotatable bonds is 7. The second-order valence-electron chi connectivity index (χ2n) is 5.53. The largest absolute Gasteiger partial charge is 0.497 e. The molecule has 1 unspecified atom stereocenters. The third-order valence-corrected chi connectivity index (χ3v) is 4.43. The van der Waals surface area contributed by atoms with Gasteiger partial charge in [-0.2, -0.15) is 5.10 Å². The molecule has 0 fully saturated rings. The topological polar surface area (TPSA) is 89.0 Å². The number of amides is 2. The molecular weight excluding hydrogens is 414 g/mol. The first-order chi connectivity index (χ1) is 13.0. The van der Waals surface area contributed by atoms with Gasteiger partial charge in [0.15, 0.2) is 0 Å².